The van der Waals surface area contributed by atoms with E-state index in [-0.39, 0.29) is 0 Å². The number of nitrogens with one attached hydrogen (secondary N) is 1. The second kappa shape index (κ2) is 23.4. The molecule has 0 saturated carbocycles. The van der Waals surface area contributed by atoms with E-state index in [4.69, 9.17) is 0 Å². The van der Waals surface area contributed by atoms with Crippen molar-refractivity contribution in [2.75, 3.05) is 11.9 Å². The zero-order valence-electron chi connectivity index (χ0n) is 29.7. The average Bonchev–Trinajstić information content (AvgIpc) is 3.16. The van der Waals surface area contributed by atoms with Crippen LogP contribution in [-0.4, -0.2) is 11.9 Å². The van der Waals surface area contributed by atoms with Crippen LogP contribution >= 0.6 is 11.8 Å². The molecule has 258 valence electrons. The number of anilines is 1. The monoisotopic (exact) mass is 687 g/mol. The SMILES string of the molecule is C=C/C=C\C=C/N(C)/C(C=C)=C/C(=C\N(/C=C\C=C/C=C)c1ccccc1)C(/C=C)=C\C=C/NC1=C(SC(=C)/C=C\c2ccccc2)CCC=C1. The molecule has 2 aromatic carbocycles. The standard InChI is InChI=1S/C47H49N3S/c1-7-11-13-23-36-49(6)44(10-4)38-43(39-50(37-24-14-12-8-2)45-29-19-16-20-30-45)42(9-3)28-25-35-48-46-31-21-22-32-47(46)51-40(5)33-34-41-26-17-15-18-27-41/h7-21,23-31,33-39,48H,1-5,22,32H2,6H3/b13-11-,14-12-,34-33-,35-25-,36-23-,37-24-,42-28-,43-39+,44-38+. The van der Waals surface area contributed by atoms with Gasteiger partial charge in [-0.3, -0.25) is 0 Å². The van der Waals surface area contributed by atoms with Crippen LogP contribution in [0.5, 0.6) is 0 Å². The molecule has 2 aromatic rings. The van der Waals surface area contributed by atoms with Gasteiger partial charge in [-0.25, -0.2) is 0 Å². The Morgan fingerprint density at radius 3 is 2.14 bits per heavy atom. The number of likely N-dealkylation sites (N-methyl/N-ethyl adjacent to an activating group) is 1. The quantitative estimate of drug-likeness (QED) is 0.140. The van der Waals surface area contributed by atoms with Crippen molar-refractivity contribution in [2.45, 2.75) is 12.8 Å². The van der Waals surface area contributed by atoms with E-state index in [2.05, 4.69) is 110 Å². The summed E-state index contributed by atoms with van der Waals surface area (Å²) >= 11 is 1.71. The van der Waals surface area contributed by atoms with Crippen molar-refractivity contribution >= 4 is 23.5 Å². The first-order valence-corrected chi connectivity index (χ1v) is 17.6. The van der Waals surface area contributed by atoms with E-state index in [0.717, 1.165) is 51.5 Å². The normalized spacial score (nSPS) is 14.4. The van der Waals surface area contributed by atoms with E-state index < -0.39 is 0 Å². The lowest BCUT2D eigenvalue weighted by atomic mass is 10.0. The Morgan fingerprint density at radius 2 is 1.47 bits per heavy atom. The second-order valence-electron chi connectivity index (χ2n) is 11.1. The Morgan fingerprint density at radius 1 is 0.784 bits per heavy atom. The highest BCUT2D eigenvalue weighted by molar-refractivity contribution is 8.06. The van der Waals surface area contributed by atoms with Crippen LogP contribution < -0.4 is 10.2 Å². The number of hydrogen-bond donors (Lipinski definition) is 1. The van der Waals surface area contributed by atoms with Gasteiger partial charge in [0.05, 0.1) is 0 Å². The van der Waals surface area contributed by atoms with Crippen molar-refractivity contribution in [2.24, 2.45) is 0 Å². The lowest BCUT2D eigenvalue weighted by molar-refractivity contribution is 0.588. The topological polar surface area (TPSA) is 18.5 Å². The minimum absolute atomic E-state index is 0.906. The van der Waals surface area contributed by atoms with Crippen LogP contribution in [-0.2, 0) is 0 Å². The van der Waals surface area contributed by atoms with Crippen LogP contribution in [0, 0.1) is 0 Å². The Kier molecular flexibility index (Phi) is 18.1. The van der Waals surface area contributed by atoms with E-state index in [0.29, 0.717) is 0 Å². The van der Waals surface area contributed by atoms with E-state index in [1.54, 1.807) is 23.9 Å². The Bertz CT molecular complexity index is 1820. The molecular formula is C47H49N3S. The van der Waals surface area contributed by atoms with Gasteiger partial charge < -0.3 is 15.1 Å². The summed E-state index contributed by atoms with van der Waals surface area (Å²) in [4.78, 5) is 6.36. The summed E-state index contributed by atoms with van der Waals surface area (Å²) in [7, 11) is 1.99. The third-order valence-electron chi connectivity index (χ3n) is 7.33. The zero-order chi connectivity index (χ0) is 36.5. The summed E-state index contributed by atoms with van der Waals surface area (Å²) in [5, 5.41) is 3.51. The molecule has 0 radical (unpaired) electrons. The van der Waals surface area contributed by atoms with Crippen LogP contribution in [0.1, 0.15) is 18.4 Å². The number of nitrogens with zero attached hydrogens (tertiary/aromatic N) is 2. The zero-order valence-corrected chi connectivity index (χ0v) is 30.5. The molecule has 0 heterocycles. The number of para-hydroxylation sites is 1. The summed E-state index contributed by atoms with van der Waals surface area (Å²) in [5.41, 5.74) is 6.00. The van der Waals surface area contributed by atoms with Crippen molar-refractivity contribution in [1.82, 2.24) is 10.2 Å². The third-order valence-corrected chi connectivity index (χ3v) is 8.40. The number of thioether (sulfide) groups is 1. The number of allylic oxidation sites excluding steroid dienone is 19. The summed E-state index contributed by atoms with van der Waals surface area (Å²) in [5.74, 6) is 0. The van der Waals surface area contributed by atoms with Gasteiger partial charge in [0.25, 0.3) is 0 Å². The maximum atomic E-state index is 4.29. The Hall–Kier alpha value is -5.97. The highest BCUT2D eigenvalue weighted by Gasteiger charge is 2.10. The van der Waals surface area contributed by atoms with Crippen molar-refractivity contribution < 1.29 is 0 Å². The predicted molar refractivity (Wildman–Crippen MR) is 228 cm³/mol. The van der Waals surface area contributed by atoms with Gasteiger partial charge in [-0.1, -0.05) is 154 Å². The van der Waals surface area contributed by atoms with Gasteiger partial charge in [0, 0.05) is 64.3 Å². The minimum Gasteiger partial charge on any atom is -0.361 e. The van der Waals surface area contributed by atoms with Gasteiger partial charge in [0.2, 0.25) is 0 Å². The van der Waals surface area contributed by atoms with E-state index in [1.165, 1.54) is 4.91 Å². The summed E-state index contributed by atoms with van der Waals surface area (Å²) in [6.45, 7) is 20.1. The van der Waals surface area contributed by atoms with Crippen LogP contribution in [0.4, 0.5) is 5.69 Å². The highest BCUT2D eigenvalue weighted by atomic mass is 32.2. The van der Waals surface area contributed by atoms with Crippen molar-refractivity contribution in [3.05, 3.63) is 253 Å². The van der Waals surface area contributed by atoms with E-state index >= 15 is 0 Å². The predicted octanol–water partition coefficient (Wildman–Crippen LogP) is 12.6. The highest BCUT2D eigenvalue weighted by Crippen LogP contribution is 2.33. The summed E-state index contributed by atoms with van der Waals surface area (Å²) in [6, 6.07) is 20.5. The molecule has 51 heavy (non-hydrogen) atoms. The van der Waals surface area contributed by atoms with Crippen molar-refractivity contribution in [3.8, 4) is 0 Å². The maximum Gasteiger partial charge on any atom is 0.0476 e. The maximum absolute atomic E-state index is 4.29. The van der Waals surface area contributed by atoms with E-state index in [9.17, 15) is 0 Å². The first kappa shape index (κ1) is 39.5. The minimum atomic E-state index is 0.906. The summed E-state index contributed by atoms with van der Waals surface area (Å²) in [6.07, 6.45) is 43.5. The van der Waals surface area contributed by atoms with Crippen molar-refractivity contribution in [3.63, 3.8) is 0 Å². The largest absolute Gasteiger partial charge is 0.361 e. The Labute approximate surface area is 310 Å². The van der Waals surface area contributed by atoms with Crippen molar-refractivity contribution in [1.29, 1.82) is 0 Å². The molecule has 0 saturated heterocycles. The molecule has 0 aromatic heterocycles. The number of hydrogen-bond acceptors (Lipinski definition) is 4. The molecule has 0 aliphatic heterocycles. The molecule has 1 N–H and O–H groups in total. The molecule has 1 aliphatic rings. The third kappa shape index (κ3) is 14.6. The van der Waals surface area contributed by atoms with Crippen LogP contribution in [0.15, 0.2) is 248 Å². The van der Waals surface area contributed by atoms with Gasteiger partial charge >= 0.3 is 0 Å². The molecule has 0 fully saturated rings. The first-order chi connectivity index (χ1) is 25.0. The van der Waals surface area contributed by atoms with E-state index in [1.807, 2.05) is 122 Å². The van der Waals surface area contributed by atoms with Gasteiger partial charge in [0.15, 0.2) is 0 Å². The molecule has 0 unspecified atom stereocenters. The molecule has 3 nitrogen and oxygen atoms in total. The molecule has 0 atom stereocenters. The molecule has 0 bridgehead atoms. The summed E-state index contributed by atoms with van der Waals surface area (Å²) < 4.78 is 0. The second-order valence-corrected chi connectivity index (χ2v) is 12.3. The molecule has 1 aliphatic carbocycles. The average molecular weight is 688 g/mol. The smallest absolute Gasteiger partial charge is 0.0476 e. The fraction of sp³-hybridized carbons (Fsp3) is 0.0638. The van der Waals surface area contributed by atoms with Crippen LogP contribution in [0.2, 0.25) is 0 Å². The van der Waals surface area contributed by atoms with Crippen LogP contribution in [0.25, 0.3) is 6.08 Å². The number of rotatable bonds is 20. The lowest BCUT2D eigenvalue weighted by Gasteiger charge is -2.20. The molecular weight excluding hydrogens is 639 g/mol. The molecule has 0 spiro atoms. The Balaban J connectivity index is 1.97. The fourth-order valence-electron chi connectivity index (χ4n) is 4.70. The first-order valence-electron chi connectivity index (χ1n) is 16.8. The van der Waals surface area contributed by atoms with Gasteiger partial charge in [-0.05, 0) is 78.6 Å². The molecule has 0 amide bonds. The van der Waals surface area contributed by atoms with Gasteiger partial charge in [-0.2, -0.15) is 0 Å². The molecule has 3 rings (SSSR count). The number of benzene rings is 2. The van der Waals surface area contributed by atoms with Gasteiger partial charge in [-0.15, -0.1) is 0 Å². The molecule has 4 heteroatoms. The lowest BCUT2D eigenvalue weighted by Crippen LogP contribution is -2.11. The van der Waals surface area contributed by atoms with Crippen LogP contribution in [0.3, 0.4) is 0 Å². The van der Waals surface area contributed by atoms with Gasteiger partial charge in [0.1, 0.15) is 0 Å². The fourth-order valence-corrected chi connectivity index (χ4v) is 5.61.